The van der Waals surface area contributed by atoms with E-state index in [9.17, 15) is 4.79 Å². The van der Waals surface area contributed by atoms with Crippen LogP contribution in [0.15, 0.2) is 24.3 Å². The summed E-state index contributed by atoms with van der Waals surface area (Å²) in [6.07, 6.45) is 0. The van der Waals surface area contributed by atoms with Crippen LogP contribution in [-0.2, 0) is 0 Å². The van der Waals surface area contributed by atoms with E-state index in [1.54, 1.807) is 26.1 Å². The molecule has 14 heavy (non-hydrogen) atoms. The van der Waals surface area contributed by atoms with E-state index in [4.69, 9.17) is 5.11 Å². The van der Waals surface area contributed by atoms with E-state index in [1.165, 1.54) is 12.1 Å². The van der Waals surface area contributed by atoms with Crippen molar-refractivity contribution >= 4 is 5.78 Å². The van der Waals surface area contributed by atoms with Crippen molar-refractivity contribution in [2.24, 2.45) is 0 Å². The zero-order chi connectivity index (χ0) is 9.84. The SMILES string of the molecule is CN[C@H](C)C(=O)c1ccc(O)cc1.[Ar]. The first-order valence-electron chi connectivity index (χ1n) is 4.15. The first-order chi connectivity index (χ1) is 6.15. The van der Waals surface area contributed by atoms with Gasteiger partial charge in [0.1, 0.15) is 5.75 Å². The van der Waals surface area contributed by atoms with Crippen molar-refractivity contribution in [3.63, 3.8) is 0 Å². The van der Waals surface area contributed by atoms with Gasteiger partial charge in [0.05, 0.1) is 6.04 Å². The van der Waals surface area contributed by atoms with E-state index >= 15 is 0 Å². The minimum Gasteiger partial charge on any atom is -0.508 e. The Morgan fingerprint density at radius 1 is 1.36 bits per heavy atom. The monoisotopic (exact) mass is 219 g/mol. The van der Waals surface area contributed by atoms with Gasteiger partial charge >= 0.3 is 0 Å². The van der Waals surface area contributed by atoms with E-state index in [1.807, 2.05) is 0 Å². The molecule has 0 aliphatic heterocycles. The van der Waals surface area contributed by atoms with Crippen LogP contribution in [0.3, 0.4) is 0 Å². The van der Waals surface area contributed by atoms with Crippen LogP contribution in [-0.4, -0.2) is 24.0 Å². The molecular weight excluding hydrogens is 206 g/mol. The summed E-state index contributed by atoms with van der Waals surface area (Å²) in [6, 6.07) is 6.06. The largest absolute Gasteiger partial charge is 0.508 e. The van der Waals surface area contributed by atoms with Crippen molar-refractivity contribution in [2.45, 2.75) is 13.0 Å². The van der Waals surface area contributed by atoms with Crippen LogP contribution in [0.4, 0.5) is 0 Å². The molecule has 0 unspecified atom stereocenters. The van der Waals surface area contributed by atoms with E-state index in [0.717, 1.165) is 0 Å². The number of likely N-dealkylation sites (N-methyl/N-ethyl adjacent to an activating group) is 1. The molecule has 1 aromatic rings. The molecule has 1 aromatic carbocycles. The smallest absolute Gasteiger partial charge is 0.179 e. The number of hydrogen-bond acceptors (Lipinski definition) is 3. The molecule has 2 N–H and O–H groups in total. The summed E-state index contributed by atoms with van der Waals surface area (Å²) < 4.78 is 0. The van der Waals surface area contributed by atoms with Crippen molar-refractivity contribution in [2.75, 3.05) is 7.05 Å². The van der Waals surface area contributed by atoms with Gasteiger partial charge in [0, 0.05) is 43.3 Å². The van der Waals surface area contributed by atoms with Crippen molar-refractivity contribution < 1.29 is 47.6 Å². The van der Waals surface area contributed by atoms with Gasteiger partial charge in [-0.15, -0.1) is 0 Å². The van der Waals surface area contributed by atoms with Gasteiger partial charge in [-0.25, -0.2) is 0 Å². The summed E-state index contributed by atoms with van der Waals surface area (Å²) in [7, 11) is 1.74. The Kier molecular flexibility index (Phi) is 6.36. The van der Waals surface area contributed by atoms with Crippen LogP contribution < -0.4 is 5.32 Å². The van der Waals surface area contributed by atoms with E-state index in [-0.39, 0.29) is 55.3 Å². The number of phenols is 1. The second-order valence-electron chi connectivity index (χ2n) is 2.92. The average molecular weight is 219 g/mol. The van der Waals surface area contributed by atoms with Crippen LogP contribution in [0, 0.1) is 37.7 Å². The third-order valence-electron chi connectivity index (χ3n) is 1.98. The van der Waals surface area contributed by atoms with Gasteiger partial charge in [0.25, 0.3) is 0 Å². The second-order valence-corrected chi connectivity index (χ2v) is 2.92. The molecule has 1 rings (SSSR count). The molecule has 4 heteroatoms. The number of nitrogens with one attached hydrogen (secondary N) is 1. The number of carbonyl (C=O) groups is 1. The molecule has 0 aromatic heterocycles. The number of carbonyl (C=O) groups excluding carboxylic acids is 1. The molecule has 0 spiro atoms. The van der Waals surface area contributed by atoms with E-state index < -0.39 is 0 Å². The summed E-state index contributed by atoms with van der Waals surface area (Å²) >= 11 is 0. The zero-order valence-corrected chi connectivity index (χ0v) is 8.80. The molecule has 0 amide bonds. The molecule has 1 atom stereocenters. The summed E-state index contributed by atoms with van der Waals surface area (Å²) in [5.41, 5.74) is 0.611. The molecule has 3 nitrogen and oxygen atoms in total. The summed E-state index contributed by atoms with van der Waals surface area (Å²) in [6.45, 7) is 1.80. The number of Topliss-reactive ketones (excluding diaryl/α,β-unsaturated/α-hetero) is 1. The predicted octanol–water partition coefficient (Wildman–Crippen LogP) is 1.18. The summed E-state index contributed by atoms with van der Waals surface area (Å²) in [5.74, 6) is 0.205. The Morgan fingerprint density at radius 3 is 2.29 bits per heavy atom. The molecule has 0 saturated carbocycles. The minimum absolute atomic E-state index is 0. The molecule has 0 aliphatic rings. The van der Waals surface area contributed by atoms with Gasteiger partial charge in [-0.1, -0.05) is 0 Å². The Morgan fingerprint density at radius 2 is 1.86 bits per heavy atom. The van der Waals surface area contributed by atoms with E-state index in [2.05, 4.69) is 5.32 Å². The first kappa shape index (κ1) is 13.9. The number of aromatic hydroxyl groups is 1. The van der Waals surface area contributed by atoms with Gasteiger partial charge in [0.2, 0.25) is 0 Å². The van der Waals surface area contributed by atoms with Gasteiger partial charge < -0.3 is 10.4 Å². The van der Waals surface area contributed by atoms with Crippen LogP contribution >= 0.6 is 0 Å². The molecule has 0 fully saturated rings. The second kappa shape index (κ2) is 6.40. The Balaban J connectivity index is 0.00000169. The van der Waals surface area contributed by atoms with Crippen LogP contribution in [0.25, 0.3) is 0 Å². The predicted molar refractivity (Wildman–Crippen MR) is 51.0 cm³/mol. The van der Waals surface area contributed by atoms with Crippen molar-refractivity contribution in [3.05, 3.63) is 29.8 Å². The van der Waals surface area contributed by atoms with Crippen molar-refractivity contribution in [1.82, 2.24) is 5.32 Å². The minimum atomic E-state index is -0.190. The molecule has 0 saturated heterocycles. The normalized spacial score (nSPS) is 11.6. The zero-order valence-electron chi connectivity index (χ0n) is 8.10. The molecule has 78 valence electrons. The fraction of sp³-hybridized carbons (Fsp3) is 0.300. The maximum absolute atomic E-state index is 11.5. The van der Waals surface area contributed by atoms with Crippen molar-refractivity contribution in [3.8, 4) is 5.75 Å². The third kappa shape index (κ3) is 3.58. The maximum atomic E-state index is 11.5. The fourth-order valence-corrected chi connectivity index (χ4v) is 1.01. The topological polar surface area (TPSA) is 49.3 Å². The number of phenolic OH excluding ortho intramolecular Hbond substituents is 1. The summed E-state index contributed by atoms with van der Waals surface area (Å²) in [4.78, 5) is 11.5. The quantitative estimate of drug-likeness (QED) is 0.750. The maximum Gasteiger partial charge on any atom is 0.179 e. The van der Waals surface area contributed by atoms with Crippen LogP contribution in [0.2, 0.25) is 0 Å². The fourth-order valence-electron chi connectivity index (χ4n) is 1.01. The van der Waals surface area contributed by atoms with Gasteiger partial charge in [-0.2, -0.15) is 0 Å². The molecule has 0 aliphatic carbocycles. The first-order valence-corrected chi connectivity index (χ1v) is 4.15. The molecular formula is C10H13ArNO2. The standard InChI is InChI=1S/C10H13NO2.Ar/c1-7(11-2)10(13)8-3-5-9(12)6-4-8;/h3-7,11-12H,1-2H3;/t7-;/m1./s1. The molecule has 0 radical (unpaired) electrons. The number of rotatable bonds is 3. The number of hydrogen-bond donors (Lipinski definition) is 2. The van der Waals surface area contributed by atoms with Gasteiger partial charge in [0.15, 0.2) is 5.78 Å². The average Bonchev–Trinajstić information content (AvgIpc) is 2.17. The van der Waals surface area contributed by atoms with Crippen molar-refractivity contribution in [1.29, 1.82) is 0 Å². The Hall–Kier alpha value is -0.0903. The van der Waals surface area contributed by atoms with Crippen LogP contribution in [0.5, 0.6) is 5.75 Å². The number of ketones is 1. The third-order valence-corrected chi connectivity index (χ3v) is 1.98. The number of benzene rings is 1. The Bertz CT molecular complexity index is 297. The van der Waals surface area contributed by atoms with Gasteiger partial charge in [-0.3, -0.25) is 4.79 Å². The Labute approximate surface area is 114 Å². The van der Waals surface area contributed by atoms with Crippen LogP contribution in [0.1, 0.15) is 17.3 Å². The molecule has 0 heterocycles. The van der Waals surface area contributed by atoms with E-state index in [0.29, 0.717) is 5.56 Å². The summed E-state index contributed by atoms with van der Waals surface area (Å²) in [5, 5.41) is 11.9. The van der Waals surface area contributed by atoms with Gasteiger partial charge in [-0.05, 0) is 38.2 Å². The molecule has 0 bridgehead atoms.